The van der Waals surface area contributed by atoms with Crippen LogP contribution >= 0.6 is 0 Å². The van der Waals surface area contributed by atoms with Gasteiger partial charge in [-0.2, -0.15) is 0 Å². The van der Waals surface area contributed by atoms with Crippen LogP contribution in [0.15, 0.2) is 0 Å². The van der Waals surface area contributed by atoms with E-state index in [4.69, 9.17) is 5.11 Å². The SMILES string of the molecule is CN1CCN(C(=O)N2C[C@@H](O)C[C@H]2C(=O)O)CC1=O. The Bertz CT molecular complexity index is 413. The third-order valence-electron chi connectivity index (χ3n) is 3.54. The number of urea groups is 1. The molecule has 2 aliphatic rings. The first-order valence-corrected chi connectivity index (χ1v) is 6.10. The zero-order chi connectivity index (χ0) is 14.2. The maximum atomic E-state index is 12.2. The van der Waals surface area contributed by atoms with Crippen molar-refractivity contribution in [2.75, 3.05) is 33.2 Å². The lowest BCUT2D eigenvalue weighted by Gasteiger charge is -2.35. The molecular weight excluding hydrogens is 254 g/mol. The van der Waals surface area contributed by atoms with Gasteiger partial charge in [0.05, 0.1) is 6.10 Å². The summed E-state index contributed by atoms with van der Waals surface area (Å²) < 4.78 is 0. The van der Waals surface area contributed by atoms with Crippen LogP contribution in [0.4, 0.5) is 4.79 Å². The molecule has 2 atom stereocenters. The zero-order valence-electron chi connectivity index (χ0n) is 10.7. The summed E-state index contributed by atoms with van der Waals surface area (Å²) in [5.74, 6) is -1.31. The molecule has 106 valence electrons. The number of likely N-dealkylation sites (tertiary alicyclic amines) is 1. The second-order valence-corrected chi connectivity index (χ2v) is 4.92. The zero-order valence-corrected chi connectivity index (χ0v) is 10.7. The summed E-state index contributed by atoms with van der Waals surface area (Å²) >= 11 is 0. The summed E-state index contributed by atoms with van der Waals surface area (Å²) in [6, 6.07) is -1.51. The summed E-state index contributed by atoms with van der Waals surface area (Å²) in [5.41, 5.74) is 0. The molecule has 0 unspecified atom stereocenters. The molecule has 2 heterocycles. The van der Waals surface area contributed by atoms with Gasteiger partial charge in [-0.05, 0) is 0 Å². The van der Waals surface area contributed by atoms with Gasteiger partial charge in [0.1, 0.15) is 12.6 Å². The van der Waals surface area contributed by atoms with Crippen LogP contribution in [0.2, 0.25) is 0 Å². The summed E-state index contributed by atoms with van der Waals surface area (Å²) in [6.07, 6.45) is -0.795. The van der Waals surface area contributed by atoms with Crippen molar-refractivity contribution in [1.82, 2.24) is 14.7 Å². The molecule has 3 amide bonds. The van der Waals surface area contributed by atoms with Gasteiger partial charge >= 0.3 is 12.0 Å². The Morgan fingerprint density at radius 2 is 2.00 bits per heavy atom. The first kappa shape index (κ1) is 13.6. The summed E-state index contributed by atoms with van der Waals surface area (Å²) in [5, 5.41) is 18.6. The average molecular weight is 271 g/mol. The maximum Gasteiger partial charge on any atom is 0.326 e. The number of piperazine rings is 1. The molecule has 2 N–H and O–H groups in total. The van der Waals surface area contributed by atoms with Gasteiger partial charge in [0.15, 0.2) is 0 Å². The van der Waals surface area contributed by atoms with Crippen molar-refractivity contribution >= 4 is 17.9 Å². The quantitative estimate of drug-likeness (QED) is 0.598. The van der Waals surface area contributed by atoms with E-state index in [9.17, 15) is 19.5 Å². The molecule has 2 fully saturated rings. The number of aliphatic hydroxyl groups is 1. The Hall–Kier alpha value is -1.83. The van der Waals surface area contributed by atoms with Crippen LogP contribution in [0.25, 0.3) is 0 Å². The molecule has 0 aromatic rings. The van der Waals surface area contributed by atoms with Gasteiger partial charge in [0, 0.05) is 33.1 Å². The van der Waals surface area contributed by atoms with E-state index in [2.05, 4.69) is 0 Å². The number of carbonyl (C=O) groups is 3. The van der Waals surface area contributed by atoms with Gasteiger partial charge in [0.2, 0.25) is 5.91 Å². The second-order valence-electron chi connectivity index (χ2n) is 4.92. The van der Waals surface area contributed by atoms with Gasteiger partial charge in [0.25, 0.3) is 0 Å². The van der Waals surface area contributed by atoms with Crippen LogP contribution in [-0.4, -0.2) is 88.2 Å². The number of rotatable bonds is 1. The lowest BCUT2D eigenvalue weighted by atomic mass is 10.2. The van der Waals surface area contributed by atoms with Gasteiger partial charge in [-0.3, -0.25) is 4.79 Å². The topological polar surface area (TPSA) is 101 Å². The molecule has 19 heavy (non-hydrogen) atoms. The summed E-state index contributed by atoms with van der Waals surface area (Å²) in [7, 11) is 1.66. The molecule has 8 heteroatoms. The highest BCUT2D eigenvalue weighted by atomic mass is 16.4. The predicted molar refractivity (Wildman–Crippen MR) is 63.4 cm³/mol. The number of aliphatic carboxylic acids is 1. The molecular formula is C11H17N3O5. The number of β-amino-alcohol motifs (C(OH)–C–C–N with tert-alkyl or cyclic N) is 1. The Morgan fingerprint density at radius 1 is 1.32 bits per heavy atom. The normalized spacial score (nSPS) is 27.9. The van der Waals surface area contributed by atoms with E-state index in [0.717, 1.165) is 4.90 Å². The molecule has 0 aromatic heterocycles. The van der Waals surface area contributed by atoms with E-state index in [1.54, 1.807) is 7.05 Å². The minimum Gasteiger partial charge on any atom is -0.480 e. The van der Waals surface area contributed by atoms with Crippen molar-refractivity contribution in [2.24, 2.45) is 0 Å². The summed E-state index contributed by atoms with van der Waals surface area (Å²) in [4.78, 5) is 38.8. The molecule has 0 spiro atoms. The number of aliphatic hydroxyl groups excluding tert-OH is 1. The molecule has 2 aliphatic heterocycles. The van der Waals surface area contributed by atoms with E-state index < -0.39 is 24.1 Å². The van der Waals surface area contributed by atoms with Gasteiger partial charge in [-0.25, -0.2) is 9.59 Å². The van der Waals surface area contributed by atoms with Crippen LogP contribution in [0.5, 0.6) is 0 Å². The van der Waals surface area contributed by atoms with E-state index in [-0.39, 0.29) is 25.4 Å². The number of nitrogens with zero attached hydrogens (tertiary/aromatic N) is 3. The third-order valence-corrected chi connectivity index (χ3v) is 3.54. The molecule has 0 aromatic carbocycles. The monoisotopic (exact) mass is 271 g/mol. The minimum atomic E-state index is -1.13. The number of likely N-dealkylation sites (N-methyl/N-ethyl adjacent to an activating group) is 1. The molecule has 2 saturated heterocycles. The Kier molecular flexibility index (Phi) is 3.61. The smallest absolute Gasteiger partial charge is 0.326 e. The number of hydrogen-bond acceptors (Lipinski definition) is 4. The van der Waals surface area contributed by atoms with Crippen molar-refractivity contribution in [2.45, 2.75) is 18.6 Å². The minimum absolute atomic E-state index is 0.00364. The number of amides is 3. The second kappa shape index (κ2) is 5.04. The fraction of sp³-hybridized carbons (Fsp3) is 0.727. The average Bonchev–Trinajstić information content (AvgIpc) is 2.74. The highest BCUT2D eigenvalue weighted by molar-refractivity contribution is 5.88. The van der Waals surface area contributed by atoms with Gasteiger partial charge < -0.3 is 24.9 Å². The Labute approximate surface area is 110 Å². The first-order chi connectivity index (χ1) is 8.90. The largest absolute Gasteiger partial charge is 0.480 e. The van der Waals surface area contributed by atoms with Gasteiger partial charge in [-0.1, -0.05) is 0 Å². The van der Waals surface area contributed by atoms with Crippen molar-refractivity contribution in [3.8, 4) is 0 Å². The van der Waals surface area contributed by atoms with Crippen LogP contribution in [0, 0.1) is 0 Å². The summed E-state index contributed by atoms with van der Waals surface area (Å²) in [6.45, 7) is 0.753. The molecule has 0 saturated carbocycles. The Balaban J connectivity index is 2.06. The van der Waals surface area contributed by atoms with Crippen molar-refractivity contribution in [3.63, 3.8) is 0 Å². The standard InChI is InChI=1S/C11H17N3O5/c1-12-2-3-13(6-9(12)16)11(19)14-5-7(15)4-8(14)10(17)18/h7-8,15H,2-6H2,1H3,(H,17,18)/t7-,8-/m0/s1. The molecule has 0 radical (unpaired) electrons. The van der Waals surface area contributed by atoms with E-state index in [1.807, 2.05) is 0 Å². The highest BCUT2D eigenvalue weighted by Crippen LogP contribution is 2.20. The lowest BCUT2D eigenvalue weighted by Crippen LogP contribution is -2.56. The van der Waals surface area contributed by atoms with Crippen LogP contribution < -0.4 is 0 Å². The number of carbonyl (C=O) groups excluding carboxylic acids is 2. The van der Waals surface area contributed by atoms with Crippen molar-refractivity contribution in [1.29, 1.82) is 0 Å². The highest BCUT2D eigenvalue weighted by Gasteiger charge is 2.41. The molecule has 2 rings (SSSR count). The maximum absolute atomic E-state index is 12.2. The first-order valence-electron chi connectivity index (χ1n) is 6.10. The van der Waals surface area contributed by atoms with Crippen molar-refractivity contribution < 1.29 is 24.6 Å². The van der Waals surface area contributed by atoms with Crippen LogP contribution in [-0.2, 0) is 9.59 Å². The number of carboxylic acid groups (broad SMARTS) is 1. The van der Waals surface area contributed by atoms with E-state index >= 15 is 0 Å². The number of carboxylic acids is 1. The lowest BCUT2D eigenvalue weighted by molar-refractivity contribution is -0.141. The predicted octanol–water partition coefficient (Wildman–Crippen LogP) is -1.60. The van der Waals surface area contributed by atoms with E-state index in [1.165, 1.54) is 9.80 Å². The molecule has 0 aliphatic carbocycles. The third kappa shape index (κ3) is 2.62. The van der Waals surface area contributed by atoms with E-state index in [0.29, 0.717) is 13.1 Å². The van der Waals surface area contributed by atoms with Crippen molar-refractivity contribution in [3.05, 3.63) is 0 Å². The fourth-order valence-electron chi connectivity index (χ4n) is 2.36. The van der Waals surface area contributed by atoms with Gasteiger partial charge in [-0.15, -0.1) is 0 Å². The fourth-order valence-corrected chi connectivity index (χ4v) is 2.36. The molecule has 8 nitrogen and oxygen atoms in total. The van der Waals surface area contributed by atoms with Crippen LogP contribution in [0.3, 0.4) is 0 Å². The van der Waals surface area contributed by atoms with Crippen LogP contribution in [0.1, 0.15) is 6.42 Å². The Morgan fingerprint density at radius 3 is 2.58 bits per heavy atom. The number of hydrogen-bond donors (Lipinski definition) is 2. The molecule has 0 bridgehead atoms.